The van der Waals surface area contributed by atoms with E-state index in [-0.39, 0.29) is 29.8 Å². The van der Waals surface area contributed by atoms with Crippen molar-refractivity contribution in [2.45, 2.75) is 18.4 Å². The molecule has 29 heavy (non-hydrogen) atoms. The van der Waals surface area contributed by atoms with Crippen LogP contribution in [0.2, 0.25) is 10.0 Å². The topological polar surface area (TPSA) is 115 Å². The summed E-state index contributed by atoms with van der Waals surface area (Å²) in [6, 6.07) is 11.7. The molecule has 1 aromatic heterocycles. The third kappa shape index (κ3) is 4.62. The van der Waals surface area contributed by atoms with Crippen LogP contribution in [0.1, 0.15) is 12.5 Å². The molecule has 2 aromatic carbocycles. The number of pyridine rings is 1. The van der Waals surface area contributed by atoms with E-state index in [2.05, 4.69) is 9.98 Å². The minimum Gasteiger partial charge on any atom is -0.370 e. The fourth-order valence-electron chi connectivity index (χ4n) is 2.90. The molecule has 0 bridgehead atoms. The molecule has 3 rings (SSSR count). The molecule has 0 fully saturated rings. The van der Waals surface area contributed by atoms with Gasteiger partial charge in [0.15, 0.2) is 11.8 Å². The van der Waals surface area contributed by atoms with Crippen molar-refractivity contribution in [3.63, 3.8) is 0 Å². The summed E-state index contributed by atoms with van der Waals surface area (Å²) >= 11 is 12.2. The monoisotopic (exact) mass is 451 g/mol. The normalized spacial score (nSPS) is 11.7. The van der Waals surface area contributed by atoms with E-state index in [1.807, 2.05) is 6.07 Å². The van der Waals surface area contributed by atoms with E-state index in [1.54, 1.807) is 31.2 Å². The number of sulfonamides is 1. The van der Waals surface area contributed by atoms with Gasteiger partial charge in [-0.2, -0.15) is 9.30 Å². The Morgan fingerprint density at radius 1 is 1.14 bits per heavy atom. The van der Waals surface area contributed by atoms with Gasteiger partial charge in [-0.25, -0.2) is 13.4 Å². The zero-order valence-electron chi connectivity index (χ0n) is 15.5. The van der Waals surface area contributed by atoms with Crippen molar-refractivity contribution in [3.05, 3.63) is 64.3 Å². The van der Waals surface area contributed by atoms with E-state index in [0.29, 0.717) is 20.8 Å². The number of hydrogen-bond acceptors (Lipinski definition) is 4. The number of benzene rings is 2. The van der Waals surface area contributed by atoms with Crippen LogP contribution in [-0.4, -0.2) is 30.2 Å². The summed E-state index contributed by atoms with van der Waals surface area (Å²) < 4.78 is 27.9. The van der Waals surface area contributed by atoms with Gasteiger partial charge in [0.1, 0.15) is 0 Å². The molecule has 0 radical (unpaired) electrons. The predicted molar refractivity (Wildman–Crippen MR) is 117 cm³/mol. The van der Waals surface area contributed by atoms with Crippen LogP contribution in [0, 0.1) is 0 Å². The molecular formula is C19H19Cl2N5O2S. The summed E-state index contributed by atoms with van der Waals surface area (Å²) in [5.41, 5.74) is 11.7. The first-order chi connectivity index (χ1) is 13.7. The van der Waals surface area contributed by atoms with Crippen molar-refractivity contribution >= 4 is 55.8 Å². The van der Waals surface area contributed by atoms with E-state index in [0.717, 1.165) is 5.56 Å². The minimum atomic E-state index is -3.80. The highest BCUT2D eigenvalue weighted by molar-refractivity contribution is 7.89. The van der Waals surface area contributed by atoms with Gasteiger partial charge in [-0.15, -0.1) is 0 Å². The maximum Gasteiger partial charge on any atom is 0.243 e. The third-order valence-electron chi connectivity index (χ3n) is 4.26. The predicted octanol–water partition coefficient (Wildman–Crippen LogP) is 3.66. The van der Waals surface area contributed by atoms with Crippen molar-refractivity contribution in [2.24, 2.45) is 16.5 Å². The number of nitrogens with zero attached hydrogens (tertiary/aromatic N) is 3. The summed E-state index contributed by atoms with van der Waals surface area (Å²) in [6.07, 6.45) is 1.41. The molecule has 7 nitrogen and oxygen atoms in total. The van der Waals surface area contributed by atoms with Crippen molar-refractivity contribution in [1.82, 2.24) is 9.29 Å². The Hall–Kier alpha value is -2.39. The number of fused-ring (bicyclic) bond motifs is 1. The van der Waals surface area contributed by atoms with Gasteiger partial charge >= 0.3 is 0 Å². The van der Waals surface area contributed by atoms with Crippen LogP contribution in [0.5, 0.6) is 0 Å². The average Bonchev–Trinajstić information content (AvgIpc) is 2.67. The van der Waals surface area contributed by atoms with Gasteiger partial charge in [-0.3, -0.25) is 0 Å². The van der Waals surface area contributed by atoms with E-state index in [4.69, 9.17) is 34.7 Å². The van der Waals surface area contributed by atoms with Gasteiger partial charge in [-0.05, 0) is 29.8 Å². The molecule has 0 aliphatic carbocycles. The van der Waals surface area contributed by atoms with Crippen LogP contribution in [-0.2, 0) is 16.6 Å². The second-order valence-electron chi connectivity index (χ2n) is 6.23. The summed E-state index contributed by atoms with van der Waals surface area (Å²) in [5.74, 6) is 0.00450. The third-order valence-corrected chi connectivity index (χ3v) is 6.72. The Balaban J connectivity index is 2.08. The van der Waals surface area contributed by atoms with Crippen LogP contribution in [0.3, 0.4) is 0 Å². The van der Waals surface area contributed by atoms with Crippen molar-refractivity contribution in [1.29, 1.82) is 0 Å². The average molecular weight is 452 g/mol. The van der Waals surface area contributed by atoms with Gasteiger partial charge < -0.3 is 11.5 Å². The molecule has 1 heterocycles. The second-order valence-corrected chi connectivity index (χ2v) is 9.02. The van der Waals surface area contributed by atoms with Crippen molar-refractivity contribution < 1.29 is 8.42 Å². The number of guanidine groups is 1. The van der Waals surface area contributed by atoms with Crippen molar-refractivity contribution in [2.75, 3.05) is 6.54 Å². The lowest BCUT2D eigenvalue weighted by molar-refractivity contribution is 0.423. The molecule has 10 heteroatoms. The molecule has 0 amide bonds. The Labute approximate surface area is 179 Å². The molecule has 0 saturated heterocycles. The van der Waals surface area contributed by atoms with Gasteiger partial charge in [0.2, 0.25) is 10.0 Å². The Morgan fingerprint density at radius 3 is 2.55 bits per heavy atom. The van der Waals surface area contributed by atoms with Gasteiger partial charge in [0.25, 0.3) is 0 Å². The van der Waals surface area contributed by atoms with Crippen LogP contribution in [0.25, 0.3) is 10.8 Å². The first-order valence-corrected chi connectivity index (χ1v) is 10.8. The van der Waals surface area contributed by atoms with Crippen LogP contribution in [0.4, 0.5) is 5.82 Å². The maximum atomic E-state index is 13.3. The fourth-order valence-corrected chi connectivity index (χ4v) is 4.79. The Morgan fingerprint density at radius 2 is 1.90 bits per heavy atom. The number of rotatable bonds is 6. The van der Waals surface area contributed by atoms with Crippen molar-refractivity contribution in [3.8, 4) is 0 Å². The summed E-state index contributed by atoms with van der Waals surface area (Å²) in [6.45, 7) is 2.24. The molecule has 0 atom stereocenters. The summed E-state index contributed by atoms with van der Waals surface area (Å²) in [7, 11) is -3.80. The van der Waals surface area contributed by atoms with E-state index in [1.165, 1.54) is 22.6 Å². The summed E-state index contributed by atoms with van der Waals surface area (Å²) in [5, 5.41) is 1.94. The molecule has 0 aliphatic rings. The maximum absolute atomic E-state index is 13.3. The quantitative estimate of drug-likeness (QED) is 0.438. The van der Waals surface area contributed by atoms with Crippen LogP contribution in [0.15, 0.2) is 58.5 Å². The molecule has 4 N–H and O–H groups in total. The molecule has 3 aromatic rings. The number of aliphatic imine (C=N–C) groups is 1. The number of halogens is 2. The lowest BCUT2D eigenvalue weighted by Crippen LogP contribution is -2.30. The number of aromatic nitrogens is 1. The molecule has 152 valence electrons. The molecular weight excluding hydrogens is 433 g/mol. The standard InChI is InChI=1S/C19H19Cl2N5O2S/c1-2-26(11-12-4-3-5-13(20)8-12)29(27,28)14-6-7-15-16(9-14)18(25-19(22)23)24-10-17(15)21/h3-10H,2,11H2,1H3,(H4,22,23,24,25). The largest absolute Gasteiger partial charge is 0.370 e. The van der Waals surface area contributed by atoms with Gasteiger partial charge in [0, 0.05) is 35.1 Å². The fraction of sp³-hybridized carbons (Fsp3) is 0.158. The first-order valence-electron chi connectivity index (χ1n) is 8.65. The molecule has 0 saturated carbocycles. The summed E-state index contributed by atoms with van der Waals surface area (Å²) in [4.78, 5) is 8.17. The molecule has 0 spiro atoms. The number of nitrogens with two attached hydrogens (primary N) is 2. The zero-order chi connectivity index (χ0) is 21.2. The zero-order valence-corrected chi connectivity index (χ0v) is 17.8. The van der Waals surface area contributed by atoms with Crippen LogP contribution < -0.4 is 11.5 Å². The highest BCUT2D eigenvalue weighted by Gasteiger charge is 2.24. The van der Waals surface area contributed by atoms with E-state index >= 15 is 0 Å². The van der Waals surface area contributed by atoms with Crippen LogP contribution >= 0.6 is 23.2 Å². The Kier molecular flexibility index (Phi) is 6.28. The van der Waals surface area contributed by atoms with Gasteiger partial charge in [0.05, 0.1) is 9.92 Å². The molecule has 0 unspecified atom stereocenters. The smallest absolute Gasteiger partial charge is 0.243 e. The minimum absolute atomic E-state index is 0.0880. The first kappa shape index (κ1) is 21.3. The lowest BCUT2D eigenvalue weighted by atomic mass is 10.1. The Bertz CT molecular complexity index is 1190. The lowest BCUT2D eigenvalue weighted by Gasteiger charge is -2.21. The van der Waals surface area contributed by atoms with E-state index < -0.39 is 10.0 Å². The second kappa shape index (κ2) is 8.54. The van der Waals surface area contributed by atoms with Gasteiger partial charge in [-0.1, -0.05) is 48.3 Å². The SMILES string of the molecule is CCN(Cc1cccc(Cl)c1)S(=O)(=O)c1ccc2c(Cl)cnc(N=C(N)N)c2c1. The highest BCUT2D eigenvalue weighted by Crippen LogP contribution is 2.32. The number of hydrogen-bond donors (Lipinski definition) is 2. The highest BCUT2D eigenvalue weighted by atomic mass is 35.5. The molecule has 0 aliphatic heterocycles. The van der Waals surface area contributed by atoms with E-state index in [9.17, 15) is 8.42 Å².